The largest absolute Gasteiger partial charge is 0.408 e. The summed E-state index contributed by atoms with van der Waals surface area (Å²) in [6.45, 7) is 0.440. The van der Waals surface area contributed by atoms with Crippen LogP contribution in [-0.4, -0.2) is 28.5 Å². The highest BCUT2D eigenvalue weighted by atomic mass is 32.2. The molecule has 2 heterocycles. The fourth-order valence-corrected chi connectivity index (χ4v) is 3.13. The highest BCUT2D eigenvalue weighted by Gasteiger charge is 2.16. The van der Waals surface area contributed by atoms with Crippen LogP contribution in [0.2, 0.25) is 0 Å². The lowest BCUT2D eigenvalue weighted by Gasteiger charge is -1.95. The van der Waals surface area contributed by atoms with Crippen molar-refractivity contribution in [2.75, 3.05) is 13.4 Å². The van der Waals surface area contributed by atoms with Gasteiger partial charge in [-0.1, -0.05) is 0 Å². The molecule has 0 atom stereocenters. The molecule has 1 N–H and O–H groups in total. The van der Waals surface area contributed by atoms with E-state index in [1.807, 2.05) is 6.26 Å². The maximum Gasteiger partial charge on any atom is 0.284 e. The number of nitrogens with one attached hydrogen (secondary N) is 1. The lowest BCUT2D eigenvalue weighted by atomic mass is 10.4. The van der Waals surface area contributed by atoms with Gasteiger partial charge in [-0.3, -0.25) is 0 Å². The van der Waals surface area contributed by atoms with Crippen LogP contribution in [-0.2, 0) is 17.1 Å². The lowest BCUT2D eigenvalue weighted by Crippen LogP contribution is -1.91. The Morgan fingerprint density at radius 1 is 1.59 bits per heavy atom. The van der Waals surface area contributed by atoms with E-state index in [-0.39, 0.29) is 4.84 Å². The molecule has 5 nitrogen and oxygen atoms in total. The van der Waals surface area contributed by atoms with E-state index >= 15 is 0 Å². The third kappa shape index (κ3) is 2.95. The van der Waals surface area contributed by atoms with Crippen molar-refractivity contribution in [2.45, 2.75) is 12.4 Å². The number of rotatable bonds is 5. The second-order valence-electron chi connectivity index (χ2n) is 3.17. The minimum atomic E-state index is 0.267. The number of methoxy groups -OCH3 is 1. The Bertz CT molecular complexity index is 546. The zero-order chi connectivity index (χ0) is 12.3. The van der Waals surface area contributed by atoms with Crippen molar-refractivity contribution in [1.29, 1.82) is 0 Å². The third-order valence-corrected chi connectivity index (χ3v) is 3.93. The number of H-pyrrole nitrogens is 1. The molecule has 2 aromatic rings. The molecule has 8 heteroatoms. The quantitative estimate of drug-likeness (QED) is 0.854. The molecule has 2 aromatic heterocycles. The molecule has 0 amide bonds. The molecule has 0 spiro atoms. The molecule has 2 rings (SSSR count). The van der Waals surface area contributed by atoms with Gasteiger partial charge in [0.15, 0.2) is 0 Å². The van der Waals surface area contributed by atoms with Crippen molar-refractivity contribution in [3.63, 3.8) is 0 Å². The summed E-state index contributed by atoms with van der Waals surface area (Å²) in [4.78, 5) is 5.64. The van der Waals surface area contributed by atoms with Gasteiger partial charge in [-0.15, -0.1) is 16.4 Å². The molecule has 0 fully saturated rings. The Morgan fingerprint density at radius 2 is 2.41 bits per heavy atom. The Morgan fingerprint density at radius 3 is 3.00 bits per heavy atom. The summed E-state index contributed by atoms with van der Waals surface area (Å²) < 4.78 is 10.4. The highest BCUT2D eigenvalue weighted by Crippen LogP contribution is 2.30. The molecule has 0 aliphatic heterocycles. The van der Waals surface area contributed by atoms with Gasteiger partial charge in [0.25, 0.3) is 10.7 Å². The molecule has 0 saturated carbocycles. The summed E-state index contributed by atoms with van der Waals surface area (Å²) in [5, 5.41) is 7.65. The Labute approximate surface area is 112 Å². The Hall–Kier alpha value is -0.700. The van der Waals surface area contributed by atoms with Gasteiger partial charge in [0.1, 0.15) is 9.88 Å². The number of nitrogens with zero attached hydrogens (tertiary/aromatic N) is 2. The number of thioether (sulfide) groups is 1. The van der Waals surface area contributed by atoms with Gasteiger partial charge in [-0.2, -0.15) is 11.8 Å². The van der Waals surface area contributed by atoms with Crippen LogP contribution in [0.3, 0.4) is 0 Å². The van der Waals surface area contributed by atoms with Crippen LogP contribution in [0.4, 0.5) is 0 Å². The van der Waals surface area contributed by atoms with E-state index in [9.17, 15) is 0 Å². The molecule has 0 radical (unpaired) electrons. The number of aromatic nitrogens is 3. The van der Waals surface area contributed by atoms with Gasteiger partial charge in [0.05, 0.1) is 12.3 Å². The molecular formula is C9H11N3O2S3. The molecule has 0 aliphatic carbocycles. The van der Waals surface area contributed by atoms with Crippen molar-refractivity contribution >= 4 is 35.3 Å². The van der Waals surface area contributed by atoms with Crippen molar-refractivity contribution < 1.29 is 9.15 Å². The summed E-state index contributed by atoms with van der Waals surface area (Å²) in [6.07, 6.45) is 2.04. The van der Waals surface area contributed by atoms with Crippen LogP contribution in [0.15, 0.2) is 4.42 Å². The van der Waals surface area contributed by atoms with E-state index in [0.717, 1.165) is 21.3 Å². The molecule has 17 heavy (non-hydrogen) atoms. The van der Waals surface area contributed by atoms with Gasteiger partial charge < -0.3 is 9.15 Å². The van der Waals surface area contributed by atoms with Gasteiger partial charge in [0.2, 0.25) is 0 Å². The lowest BCUT2D eigenvalue weighted by molar-refractivity contribution is 0.182. The highest BCUT2D eigenvalue weighted by molar-refractivity contribution is 7.97. The Balaban J connectivity index is 2.39. The van der Waals surface area contributed by atoms with E-state index in [1.165, 1.54) is 0 Å². The standard InChI is InChI=1S/C9H11N3O2S3/c1-13-3-5-7(8-11-12-9(15)14-8)17-6(10-5)4-16-2/h3-4H2,1-2H3,(H,12,15). The number of hydrogen-bond acceptors (Lipinski definition) is 7. The molecular weight excluding hydrogens is 278 g/mol. The average Bonchev–Trinajstić information content (AvgIpc) is 2.86. The van der Waals surface area contributed by atoms with Crippen molar-refractivity contribution in [2.24, 2.45) is 0 Å². The normalized spacial score (nSPS) is 10.9. The van der Waals surface area contributed by atoms with Crippen molar-refractivity contribution in [3.05, 3.63) is 15.5 Å². The topological polar surface area (TPSA) is 63.9 Å². The first kappa shape index (κ1) is 12.7. The molecule has 0 unspecified atom stereocenters. The smallest absolute Gasteiger partial charge is 0.284 e. The second-order valence-corrected chi connectivity index (χ2v) is 5.49. The number of hydrogen-bond donors (Lipinski definition) is 1. The first-order chi connectivity index (χ1) is 8.24. The van der Waals surface area contributed by atoms with Crippen LogP contribution >= 0.6 is 35.3 Å². The maximum atomic E-state index is 5.30. The van der Waals surface area contributed by atoms with Crippen LogP contribution in [0.1, 0.15) is 10.7 Å². The van der Waals surface area contributed by atoms with E-state index < -0.39 is 0 Å². The first-order valence-electron chi connectivity index (χ1n) is 4.77. The van der Waals surface area contributed by atoms with Gasteiger partial charge >= 0.3 is 0 Å². The maximum absolute atomic E-state index is 5.30. The summed E-state index contributed by atoms with van der Waals surface area (Å²) in [7, 11) is 1.64. The Kier molecular flexibility index (Phi) is 4.32. The average molecular weight is 289 g/mol. The summed E-state index contributed by atoms with van der Waals surface area (Å²) in [5.41, 5.74) is 0.840. The fraction of sp³-hybridized carbons (Fsp3) is 0.444. The monoisotopic (exact) mass is 289 g/mol. The fourth-order valence-electron chi connectivity index (χ4n) is 1.31. The van der Waals surface area contributed by atoms with Crippen LogP contribution in [0, 0.1) is 4.84 Å². The molecule has 0 bridgehead atoms. The predicted molar refractivity (Wildman–Crippen MR) is 70.7 cm³/mol. The minimum Gasteiger partial charge on any atom is -0.408 e. The molecule has 0 aliphatic rings. The third-order valence-electron chi connectivity index (χ3n) is 1.92. The zero-order valence-corrected chi connectivity index (χ0v) is 11.8. The molecule has 92 valence electrons. The summed E-state index contributed by atoms with van der Waals surface area (Å²) in [5.74, 6) is 1.35. The van der Waals surface area contributed by atoms with E-state index in [1.54, 1.807) is 30.2 Å². The van der Waals surface area contributed by atoms with E-state index in [2.05, 4.69) is 15.2 Å². The van der Waals surface area contributed by atoms with Gasteiger partial charge in [-0.25, -0.2) is 10.1 Å². The number of aromatic amines is 1. The van der Waals surface area contributed by atoms with E-state index in [0.29, 0.717) is 12.5 Å². The number of thiazole rings is 1. The van der Waals surface area contributed by atoms with Crippen molar-refractivity contribution in [1.82, 2.24) is 15.2 Å². The van der Waals surface area contributed by atoms with Crippen LogP contribution < -0.4 is 0 Å². The zero-order valence-electron chi connectivity index (χ0n) is 9.35. The van der Waals surface area contributed by atoms with Crippen LogP contribution in [0.5, 0.6) is 0 Å². The predicted octanol–water partition coefficient (Wildman–Crippen LogP) is 2.87. The van der Waals surface area contributed by atoms with E-state index in [4.69, 9.17) is 21.4 Å². The SMILES string of the molecule is COCc1nc(CSC)sc1-c1n[nH]c(=S)o1. The first-order valence-corrected chi connectivity index (χ1v) is 7.38. The minimum absolute atomic E-state index is 0.267. The summed E-state index contributed by atoms with van der Waals surface area (Å²) >= 11 is 8.14. The molecule has 0 aromatic carbocycles. The van der Waals surface area contributed by atoms with Gasteiger partial charge in [-0.05, 0) is 18.5 Å². The summed E-state index contributed by atoms with van der Waals surface area (Å²) in [6, 6.07) is 0. The van der Waals surface area contributed by atoms with Crippen molar-refractivity contribution in [3.8, 4) is 10.8 Å². The van der Waals surface area contributed by atoms with Gasteiger partial charge in [0, 0.05) is 12.9 Å². The number of ether oxygens (including phenoxy) is 1. The van der Waals surface area contributed by atoms with Crippen LogP contribution in [0.25, 0.3) is 10.8 Å². The second kappa shape index (κ2) is 5.76. The molecule has 0 saturated heterocycles.